The Labute approximate surface area is 109 Å². The minimum Gasteiger partial charge on any atom is -0.454 e. The van der Waals surface area contributed by atoms with Crippen molar-refractivity contribution in [2.24, 2.45) is 12.8 Å². The molecule has 0 atom stereocenters. The monoisotopic (exact) mass is 265 g/mol. The van der Waals surface area contributed by atoms with Gasteiger partial charge in [-0.15, -0.1) is 0 Å². The fourth-order valence-corrected chi connectivity index (χ4v) is 2.38. The largest absolute Gasteiger partial charge is 0.454 e. The molecule has 2 heterocycles. The maximum absolute atomic E-state index is 6.15. The van der Waals surface area contributed by atoms with E-state index >= 15 is 0 Å². The fourth-order valence-electron chi connectivity index (χ4n) is 2.05. The Hall–Kier alpha value is -1.72. The van der Waals surface area contributed by atoms with E-state index in [2.05, 4.69) is 4.98 Å². The minimum atomic E-state index is 0.256. The summed E-state index contributed by atoms with van der Waals surface area (Å²) >= 11 is 6.15. The van der Waals surface area contributed by atoms with Gasteiger partial charge in [0, 0.05) is 12.6 Å². The summed E-state index contributed by atoms with van der Waals surface area (Å²) in [5, 5.41) is 0.441. The van der Waals surface area contributed by atoms with Crippen LogP contribution in [0.25, 0.3) is 11.3 Å². The number of nitrogens with zero attached hydrogens (tertiary/aromatic N) is 2. The van der Waals surface area contributed by atoms with E-state index in [1.165, 1.54) is 0 Å². The number of hydrogen-bond acceptors (Lipinski definition) is 4. The van der Waals surface area contributed by atoms with Crippen molar-refractivity contribution in [1.82, 2.24) is 9.55 Å². The Bertz CT molecular complexity index is 610. The second-order valence-corrected chi connectivity index (χ2v) is 4.36. The van der Waals surface area contributed by atoms with Crippen molar-refractivity contribution in [1.29, 1.82) is 0 Å². The second kappa shape index (κ2) is 4.19. The van der Waals surface area contributed by atoms with Crippen molar-refractivity contribution in [2.45, 2.75) is 6.54 Å². The van der Waals surface area contributed by atoms with Gasteiger partial charge in [0.2, 0.25) is 6.79 Å². The molecule has 6 heteroatoms. The summed E-state index contributed by atoms with van der Waals surface area (Å²) in [6.45, 7) is 0.604. The molecule has 5 nitrogen and oxygen atoms in total. The summed E-state index contributed by atoms with van der Waals surface area (Å²) in [7, 11) is 1.89. The molecule has 1 aromatic heterocycles. The van der Waals surface area contributed by atoms with Crippen molar-refractivity contribution in [3.63, 3.8) is 0 Å². The summed E-state index contributed by atoms with van der Waals surface area (Å²) in [6.07, 6.45) is 0. The number of imidazole rings is 1. The van der Waals surface area contributed by atoms with Crippen molar-refractivity contribution >= 4 is 11.6 Å². The van der Waals surface area contributed by atoms with Gasteiger partial charge in [-0.05, 0) is 18.2 Å². The summed E-state index contributed by atoms with van der Waals surface area (Å²) < 4.78 is 12.5. The molecule has 0 saturated carbocycles. The smallest absolute Gasteiger partial charge is 0.231 e. The van der Waals surface area contributed by atoms with Crippen LogP contribution in [0.2, 0.25) is 5.15 Å². The first kappa shape index (κ1) is 11.4. The maximum Gasteiger partial charge on any atom is 0.231 e. The number of fused-ring (bicyclic) bond motifs is 1. The lowest BCUT2D eigenvalue weighted by Crippen LogP contribution is -2.05. The number of ether oxygens (including phenoxy) is 2. The predicted molar refractivity (Wildman–Crippen MR) is 67.7 cm³/mol. The van der Waals surface area contributed by atoms with E-state index in [4.69, 9.17) is 26.8 Å². The fraction of sp³-hybridized carbons (Fsp3) is 0.250. The van der Waals surface area contributed by atoms with E-state index in [-0.39, 0.29) is 6.79 Å². The zero-order chi connectivity index (χ0) is 12.7. The van der Waals surface area contributed by atoms with Gasteiger partial charge >= 0.3 is 0 Å². The average Bonchev–Trinajstić information content (AvgIpc) is 2.93. The van der Waals surface area contributed by atoms with Crippen LogP contribution in [0.5, 0.6) is 11.5 Å². The third-order valence-corrected chi connectivity index (χ3v) is 3.24. The van der Waals surface area contributed by atoms with E-state index in [1.54, 1.807) is 0 Å². The lowest BCUT2D eigenvalue weighted by atomic mass is 10.1. The van der Waals surface area contributed by atoms with Crippen LogP contribution < -0.4 is 15.2 Å². The topological polar surface area (TPSA) is 62.3 Å². The van der Waals surface area contributed by atoms with Gasteiger partial charge < -0.3 is 19.8 Å². The molecule has 3 rings (SSSR count). The molecule has 1 aliphatic rings. The molecular weight excluding hydrogens is 254 g/mol. The molecule has 0 radical (unpaired) electrons. The molecule has 18 heavy (non-hydrogen) atoms. The first-order chi connectivity index (χ1) is 8.70. The van der Waals surface area contributed by atoms with Gasteiger partial charge in [-0.2, -0.15) is 0 Å². The Morgan fingerprint density at radius 1 is 1.39 bits per heavy atom. The van der Waals surface area contributed by atoms with E-state index in [1.807, 2.05) is 29.8 Å². The molecule has 0 saturated heterocycles. The van der Waals surface area contributed by atoms with Gasteiger partial charge in [0.25, 0.3) is 0 Å². The van der Waals surface area contributed by atoms with Crippen LogP contribution in [-0.2, 0) is 13.6 Å². The molecule has 94 valence electrons. The number of halogens is 1. The molecule has 0 spiro atoms. The standard InChI is InChI=1S/C12H12ClN3O2/c1-16-10(5-14)15-12(13)11(16)7-2-3-8-9(4-7)18-6-17-8/h2-4H,5-6,14H2,1H3. The third-order valence-electron chi connectivity index (χ3n) is 2.97. The van der Waals surface area contributed by atoms with Crippen LogP contribution in [0.15, 0.2) is 18.2 Å². The average molecular weight is 266 g/mol. The highest BCUT2D eigenvalue weighted by atomic mass is 35.5. The summed E-state index contributed by atoms with van der Waals surface area (Å²) in [5.74, 6) is 2.21. The molecule has 1 aliphatic heterocycles. The molecule has 0 bridgehead atoms. The molecule has 1 aromatic carbocycles. The zero-order valence-corrected chi connectivity index (χ0v) is 10.6. The van der Waals surface area contributed by atoms with Gasteiger partial charge in [0.15, 0.2) is 16.7 Å². The maximum atomic E-state index is 6.15. The van der Waals surface area contributed by atoms with Crippen molar-refractivity contribution in [3.05, 3.63) is 29.2 Å². The van der Waals surface area contributed by atoms with Gasteiger partial charge in [-0.1, -0.05) is 11.6 Å². The summed E-state index contributed by atoms with van der Waals surface area (Å²) in [6, 6.07) is 5.69. The lowest BCUT2D eigenvalue weighted by Gasteiger charge is -2.06. The highest BCUT2D eigenvalue weighted by Gasteiger charge is 2.18. The highest BCUT2D eigenvalue weighted by Crippen LogP contribution is 2.37. The van der Waals surface area contributed by atoms with Crippen LogP contribution >= 0.6 is 11.6 Å². The first-order valence-corrected chi connectivity index (χ1v) is 5.89. The predicted octanol–water partition coefficient (Wildman–Crippen LogP) is 1.93. The van der Waals surface area contributed by atoms with E-state index in [9.17, 15) is 0 Å². The molecule has 0 unspecified atom stereocenters. The Balaban J connectivity index is 2.12. The molecular formula is C12H12ClN3O2. The van der Waals surface area contributed by atoms with E-state index in [0.717, 1.165) is 28.6 Å². The highest BCUT2D eigenvalue weighted by molar-refractivity contribution is 6.32. The molecule has 2 aromatic rings. The first-order valence-electron chi connectivity index (χ1n) is 5.52. The summed E-state index contributed by atoms with van der Waals surface area (Å²) in [4.78, 5) is 4.23. The Kier molecular flexibility index (Phi) is 2.65. The molecule has 0 aliphatic carbocycles. The van der Waals surface area contributed by atoms with Crippen LogP contribution in [0.3, 0.4) is 0 Å². The van der Waals surface area contributed by atoms with Crippen LogP contribution in [0, 0.1) is 0 Å². The number of aromatic nitrogens is 2. The van der Waals surface area contributed by atoms with Crippen molar-refractivity contribution in [3.8, 4) is 22.8 Å². The van der Waals surface area contributed by atoms with Gasteiger partial charge in [-0.3, -0.25) is 0 Å². The number of rotatable bonds is 2. The molecule has 2 N–H and O–H groups in total. The molecule has 0 amide bonds. The quantitative estimate of drug-likeness (QED) is 0.901. The van der Waals surface area contributed by atoms with Crippen molar-refractivity contribution < 1.29 is 9.47 Å². The molecule has 0 fully saturated rings. The van der Waals surface area contributed by atoms with E-state index in [0.29, 0.717) is 11.7 Å². The van der Waals surface area contributed by atoms with Crippen LogP contribution in [0.1, 0.15) is 5.82 Å². The number of benzene rings is 1. The number of hydrogen-bond donors (Lipinski definition) is 1. The normalized spacial score (nSPS) is 13.1. The SMILES string of the molecule is Cn1c(CN)nc(Cl)c1-c1ccc2c(c1)OCO2. The van der Waals surface area contributed by atoms with Crippen molar-refractivity contribution in [2.75, 3.05) is 6.79 Å². The minimum absolute atomic E-state index is 0.256. The van der Waals surface area contributed by atoms with Gasteiger partial charge in [0.1, 0.15) is 5.82 Å². The third kappa shape index (κ3) is 1.63. The number of nitrogens with two attached hydrogens (primary N) is 1. The summed E-state index contributed by atoms with van der Waals surface area (Å²) in [5.41, 5.74) is 7.37. The zero-order valence-electron chi connectivity index (χ0n) is 9.81. The van der Waals surface area contributed by atoms with Crippen LogP contribution in [-0.4, -0.2) is 16.3 Å². The van der Waals surface area contributed by atoms with Crippen LogP contribution in [0.4, 0.5) is 0 Å². The Morgan fingerprint density at radius 3 is 2.89 bits per heavy atom. The Morgan fingerprint density at radius 2 is 2.17 bits per heavy atom. The van der Waals surface area contributed by atoms with Gasteiger partial charge in [-0.25, -0.2) is 4.98 Å². The second-order valence-electron chi connectivity index (χ2n) is 4.00. The van der Waals surface area contributed by atoms with Gasteiger partial charge in [0.05, 0.1) is 12.2 Å². The van der Waals surface area contributed by atoms with E-state index < -0.39 is 0 Å². The lowest BCUT2D eigenvalue weighted by molar-refractivity contribution is 0.174.